The first kappa shape index (κ1) is 16.2. The molecular weight excluding hydrogens is 361 g/mol. The summed E-state index contributed by atoms with van der Waals surface area (Å²) in [6.45, 7) is 0. The molecule has 0 fully saturated rings. The van der Waals surface area contributed by atoms with Gasteiger partial charge in [-0.05, 0) is 48.2 Å². The highest BCUT2D eigenvalue weighted by atomic mass is 35.5. The molecule has 126 valence electrons. The molecule has 6 heteroatoms. The average Bonchev–Trinajstić information content (AvgIpc) is 2.59. The Balaban J connectivity index is 1.90. The van der Waals surface area contributed by atoms with E-state index in [0.29, 0.717) is 27.7 Å². The molecule has 4 nitrogen and oxygen atoms in total. The van der Waals surface area contributed by atoms with Crippen molar-refractivity contribution >= 4 is 39.9 Å². The van der Waals surface area contributed by atoms with E-state index in [0.717, 1.165) is 10.3 Å². The highest BCUT2D eigenvalue weighted by Gasteiger charge is 2.32. The van der Waals surface area contributed by atoms with Gasteiger partial charge in [-0.3, -0.25) is 9.59 Å². The van der Waals surface area contributed by atoms with Gasteiger partial charge in [0, 0.05) is 16.5 Å². The van der Waals surface area contributed by atoms with E-state index in [1.165, 1.54) is 6.07 Å². The molecule has 1 atom stereocenters. The van der Waals surface area contributed by atoms with E-state index >= 15 is 0 Å². The van der Waals surface area contributed by atoms with Gasteiger partial charge in [0.1, 0.15) is 0 Å². The Morgan fingerprint density at radius 2 is 1.64 bits per heavy atom. The third-order valence-electron chi connectivity index (χ3n) is 4.69. The van der Waals surface area contributed by atoms with Gasteiger partial charge in [-0.1, -0.05) is 35.3 Å². The van der Waals surface area contributed by atoms with Gasteiger partial charge < -0.3 is 5.21 Å². The molecule has 0 bridgehead atoms. The summed E-state index contributed by atoms with van der Waals surface area (Å²) >= 11 is 11.9. The lowest BCUT2D eigenvalue weighted by atomic mass is 9.81. The number of Topliss-reactive ketones (excluding diaryl/α,β-unsaturated/α-hetero) is 1. The number of aromatic nitrogens is 1. The number of carbonyl (C=O) groups is 1. The van der Waals surface area contributed by atoms with Crippen molar-refractivity contribution in [2.45, 2.75) is 18.8 Å². The van der Waals surface area contributed by atoms with Crippen LogP contribution in [0.25, 0.3) is 10.9 Å². The fourth-order valence-electron chi connectivity index (χ4n) is 3.47. The van der Waals surface area contributed by atoms with Gasteiger partial charge in [0.2, 0.25) is 5.43 Å². The third kappa shape index (κ3) is 2.62. The normalized spacial score (nSPS) is 16.9. The minimum Gasteiger partial charge on any atom is -0.428 e. The molecular formula is C19H13Cl2NO3. The molecule has 1 aliphatic carbocycles. The quantitative estimate of drug-likeness (QED) is 0.640. The molecule has 1 N–H and O–H groups in total. The van der Waals surface area contributed by atoms with Crippen LogP contribution in [0.3, 0.4) is 0 Å². The zero-order valence-electron chi connectivity index (χ0n) is 13.0. The lowest BCUT2D eigenvalue weighted by Crippen LogP contribution is -2.30. The van der Waals surface area contributed by atoms with Crippen LogP contribution in [-0.4, -0.2) is 15.7 Å². The molecule has 0 radical (unpaired) electrons. The number of hydrogen-bond donors (Lipinski definition) is 1. The van der Waals surface area contributed by atoms with Gasteiger partial charge in [0.15, 0.2) is 5.78 Å². The Hall–Kier alpha value is -2.30. The van der Waals surface area contributed by atoms with E-state index < -0.39 is 0 Å². The van der Waals surface area contributed by atoms with Gasteiger partial charge in [-0.2, -0.15) is 4.73 Å². The van der Waals surface area contributed by atoms with E-state index in [-0.39, 0.29) is 34.5 Å². The molecule has 0 saturated carbocycles. The summed E-state index contributed by atoms with van der Waals surface area (Å²) in [6, 6.07) is 11.9. The molecule has 1 heterocycles. The van der Waals surface area contributed by atoms with E-state index in [9.17, 15) is 14.8 Å². The van der Waals surface area contributed by atoms with Crippen molar-refractivity contribution in [3.63, 3.8) is 0 Å². The number of hydrogen-bond acceptors (Lipinski definition) is 3. The standard InChI is InChI=1S/C19H13Cl2NO3/c20-12-3-1-10(2-4-12)11-7-16-18(17(23)8-11)19(24)14-9-13(21)5-6-15(14)22(16)25/h1-6,9,11,25H,7-8H2. The van der Waals surface area contributed by atoms with E-state index in [1.54, 1.807) is 24.3 Å². The second-order valence-corrected chi connectivity index (χ2v) is 7.08. The predicted octanol–water partition coefficient (Wildman–Crippen LogP) is 4.46. The van der Waals surface area contributed by atoms with Crippen molar-refractivity contribution in [3.05, 3.63) is 79.6 Å². The van der Waals surface area contributed by atoms with Crippen LogP contribution in [0.4, 0.5) is 0 Å². The number of halogens is 2. The summed E-state index contributed by atoms with van der Waals surface area (Å²) in [6.07, 6.45) is 0.614. The fourth-order valence-corrected chi connectivity index (χ4v) is 3.77. The van der Waals surface area contributed by atoms with Crippen LogP contribution >= 0.6 is 23.2 Å². The number of rotatable bonds is 1. The molecule has 0 aliphatic heterocycles. The van der Waals surface area contributed by atoms with Crippen LogP contribution in [0, 0.1) is 0 Å². The first-order valence-electron chi connectivity index (χ1n) is 7.81. The number of fused-ring (bicyclic) bond motifs is 2. The summed E-state index contributed by atoms with van der Waals surface area (Å²) in [7, 11) is 0. The molecule has 1 aromatic heterocycles. The number of carbonyl (C=O) groups excluding carboxylic acids is 1. The number of benzene rings is 2. The molecule has 0 amide bonds. The van der Waals surface area contributed by atoms with Gasteiger partial charge in [0.05, 0.1) is 22.2 Å². The van der Waals surface area contributed by atoms with Crippen LogP contribution in [-0.2, 0) is 6.42 Å². The molecule has 2 aromatic carbocycles. The van der Waals surface area contributed by atoms with E-state index in [2.05, 4.69) is 0 Å². The number of nitrogens with zero attached hydrogens (tertiary/aromatic N) is 1. The highest BCUT2D eigenvalue weighted by molar-refractivity contribution is 6.31. The minimum absolute atomic E-state index is 0.0579. The van der Waals surface area contributed by atoms with Crippen molar-refractivity contribution < 1.29 is 10.0 Å². The van der Waals surface area contributed by atoms with Crippen molar-refractivity contribution in [2.75, 3.05) is 0 Å². The zero-order chi connectivity index (χ0) is 17.7. The molecule has 1 aliphatic rings. The third-order valence-corrected chi connectivity index (χ3v) is 5.18. The summed E-state index contributed by atoms with van der Waals surface area (Å²) in [5.74, 6) is -0.379. The average molecular weight is 374 g/mol. The summed E-state index contributed by atoms with van der Waals surface area (Å²) < 4.78 is 0.947. The van der Waals surface area contributed by atoms with Crippen molar-refractivity contribution in [1.82, 2.24) is 4.73 Å². The maximum Gasteiger partial charge on any atom is 0.200 e. The Morgan fingerprint density at radius 1 is 0.960 bits per heavy atom. The predicted molar refractivity (Wildman–Crippen MR) is 97.2 cm³/mol. The zero-order valence-corrected chi connectivity index (χ0v) is 14.5. The molecule has 4 rings (SSSR count). The highest BCUT2D eigenvalue weighted by Crippen LogP contribution is 2.33. The Morgan fingerprint density at radius 3 is 2.36 bits per heavy atom. The van der Waals surface area contributed by atoms with E-state index in [1.807, 2.05) is 12.1 Å². The molecule has 1 unspecified atom stereocenters. The van der Waals surface area contributed by atoms with Crippen molar-refractivity contribution in [1.29, 1.82) is 0 Å². The smallest absolute Gasteiger partial charge is 0.200 e. The molecule has 3 aromatic rings. The lowest BCUT2D eigenvalue weighted by molar-refractivity contribution is 0.0949. The molecule has 0 spiro atoms. The Labute approximate surface area is 153 Å². The van der Waals surface area contributed by atoms with Crippen molar-refractivity contribution in [2.24, 2.45) is 0 Å². The number of ketones is 1. The SMILES string of the molecule is O=C1CC(c2ccc(Cl)cc2)Cc2c1c(=O)c1cc(Cl)ccc1n2O. The maximum atomic E-state index is 12.8. The second kappa shape index (κ2) is 5.90. The second-order valence-electron chi connectivity index (χ2n) is 6.20. The van der Waals surface area contributed by atoms with Gasteiger partial charge in [-0.15, -0.1) is 0 Å². The Bertz CT molecular complexity index is 1070. The molecule has 25 heavy (non-hydrogen) atoms. The van der Waals surface area contributed by atoms with Crippen LogP contribution in [0.15, 0.2) is 47.3 Å². The van der Waals surface area contributed by atoms with Gasteiger partial charge in [-0.25, -0.2) is 0 Å². The van der Waals surface area contributed by atoms with Crippen molar-refractivity contribution in [3.8, 4) is 0 Å². The van der Waals surface area contributed by atoms with Crippen LogP contribution in [0.1, 0.15) is 34.0 Å². The monoisotopic (exact) mass is 373 g/mol. The van der Waals surface area contributed by atoms with Gasteiger partial charge >= 0.3 is 0 Å². The van der Waals surface area contributed by atoms with E-state index in [4.69, 9.17) is 23.2 Å². The summed E-state index contributed by atoms with van der Waals surface area (Å²) in [5, 5.41) is 11.8. The summed E-state index contributed by atoms with van der Waals surface area (Å²) in [5.41, 5.74) is 1.32. The largest absolute Gasteiger partial charge is 0.428 e. The summed E-state index contributed by atoms with van der Waals surface area (Å²) in [4.78, 5) is 25.4. The topological polar surface area (TPSA) is 59.3 Å². The van der Waals surface area contributed by atoms with Crippen LogP contribution in [0.5, 0.6) is 0 Å². The first-order chi connectivity index (χ1) is 12.0. The minimum atomic E-state index is -0.377. The van der Waals surface area contributed by atoms with Gasteiger partial charge in [0.25, 0.3) is 0 Å². The fraction of sp³-hybridized carbons (Fsp3) is 0.158. The maximum absolute atomic E-state index is 12.8. The number of pyridine rings is 1. The lowest BCUT2D eigenvalue weighted by Gasteiger charge is -2.25. The Kier molecular flexibility index (Phi) is 3.82. The van der Waals surface area contributed by atoms with Crippen LogP contribution < -0.4 is 5.43 Å². The molecule has 0 saturated heterocycles. The first-order valence-corrected chi connectivity index (χ1v) is 8.56. The van der Waals surface area contributed by atoms with Crippen LogP contribution in [0.2, 0.25) is 10.0 Å².